The van der Waals surface area contributed by atoms with Gasteiger partial charge in [-0.15, -0.1) is 0 Å². The van der Waals surface area contributed by atoms with Gasteiger partial charge in [-0.3, -0.25) is 14.4 Å². The van der Waals surface area contributed by atoms with Crippen molar-refractivity contribution in [1.29, 1.82) is 0 Å². The molecule has 2 N–H and O–H groups in total. The summed E-state index contributed by atoms with van der Waals surface area (Å²) in [5.41, 5.74) is -0.523. The first-order valence-electron chi connectivity index (χ1n) is 8.12. The number of carbonyl (C=O) groups is 3. The molecule has 1 atom stereocenters. The number of nitrogens with zero attached hydrogens (tertiary/aromatic N) is 1. The summed E-state index contributed by atoms with van der Waals surface area (Å²) in [6.45, 7) is 0.371. The molecule has 0 spiro atoms. The number of aliphatic carboxylic acids is 1. The first-order valence-corrected chi connectivity index (χ1v) is 8.49. The van der Waals surface area contributed by atoms with Crippen molar-refractivity contribution in [3.05, 3.63) is 29.0 Å². The maximum absolute atomic E-state index is 13.3. The van der Waals surface area contributed by atoms with Gasteiger partial charge in [-0.25, -0.2) is 4.39 Å². The minimum atomic E-state index is -0.990. The Morgan fingerprint density at radius 3 is 2.68 bits per heavy atom. The number of hydrogen-bond donors (Lipinski definition) is 2. The minimum Gasteiger partial charge on any atom is -0.481 e. The molecule has 0 radical (unpaired) electrons. The third kappa shape index (κ3) is 3.33. The maximum Gasteiger partial charge on any atom is 0.310 e. The summed E-state index contributed by atoms with van der Waals surface area (Å²) in [5, 5.41) is 11.8. The Bertz CT molecular complexity index is 735. The van der Waals surface area contributed by atoms with Gasteiger partial charge in [-0.1, -0.05) is 18.0 Å². The van der Waals surface area contributed by atoms with E-state index in [1.54, 1.807) is 0 Å². The molecule has 8 heteroatoms. The van der Waals surface area contributed by atoms with Crippen LogP contribution >= 0.6 is 11.6 Å². The molecule has 3 rings (SSSR count). The molecule has 1 aromatic rings. The molecule has 1 saturated carbocycles. The molecule has 1 aromatic carbocycles. The predicted molar refractivity (Wildman–Crippen MR) is 88.8 cm³/mol. The number of carboxylic acids is 1. The Kier molecular flexibility index (Phi) is 4.69. The Hall–Kier alpha value is -2.15. The largest absolute Gasteiger partial charge is 0.481 e. The lowest BCUT2D eigenvalue weighted by molar-refractivity contribution is -0.157. The fraction of sp³-hybridized carbons (Fsp3) is 0.471. The highest BCUT2D eigenvalue weighted by atomic mass is 35.5. The lowest BCUT2D eigenvalue weighted by atomic mass is 9.66. The van der Waals surface area contributed by atoms with Crippen molar-refractivity contribution in [3.8, 4) is 0 Å². The number of carboxylic acid groups (broad SMARTS) is 1. The van der Waals surface area contributed by atoms with E-state index in [4.69, 9.17) is 11.6 Å². The molecule has 1 heterocycles. The number of anilines is 1. The quantitative estimate of drug-likeness (QED) is 0.835. The second-order valence-electron chi connectivity index (χ2n) is 6.61. The van der Waals surface area contributed by atoms with Crippen LogP contribution in [0.4, 0.5) is 10.1 Å². The van der Waals surface area contributed by atoms with Crippen LogP contribution in [0.25, 0.3) is 0 Å². The van der Waals surface area contributed by atoms with E-state index >= 15 is 0 Å². The number of rotatable bonds is 5. The highest BCUT2D eigenvalue weighted by Crippen LogP contribution is 2.44. The van der Waals surface area contributed by atoms with Crippen LogP contribution in [0.5, 0.6) is 0 Å². The lowest BCUT2D eigenvalue weighted by Crippen LogP contribution is -2.46. The summed E-state index contributed by atoms with van der Waals surface area (Å²) in [6, 6.07) is 3.30. The van der Waals surface area contributed by atoms with Gasteiger partial charge in [0.05, 0.1) is 10.4 Å². The Morgan fingerprint density at radius 1 is 1.40 bits per heavy atom. The van der Waals surface area contributed by atoms with E-state index in [2.05, 4.69) is 5.32 Å². The van der Waals surface area contributed by atoms with Gasteiger partial charge in [-0.05, 0) is 37.5 Å². The van der Waals surface area contributed by atoms with Gasteiger partial charge in [0.15, 0.2) is 0 Å². The first-order chi connectivity index (χ1) is 11.8. The van der Waals surface area contributed by atoms with Crippen molar-refractivity contribution in [2.24, 2.45) is 5.41 Å². The summed E-state index contributed by atoms with van der Waals surface area (Å²) in [7, 11) is 0. The van der Waals surface area contributed by atoms with Gasteiger partial charge in [0.1, 0.15) is 11.9 Å². The second-order valence-corrected chi connectivity index (χ2v) is 7.02. The van der Waals surface area contributed by atoms with Crippen LogP contribution in [-0.4, -0.2) is 35.5 Å². The lowest BCUT2D eigenvalue weighted by Gasteiger charge is -2.37. The summed E-state index contributed by atoms with van der Waals surface area (Å²) in [4.78, 5) is 37.4. The number of hydrogen-bond acceptors (Lipinski definition) is 3. The van der Waals surface area contributed by atoms with Gasteiger partial charge >= 0.3 is 5.97 Å². The normalized spacial score (nSPS) is 21.8. The molecule has 2 aliphatic rings. The number of amides is 2. The van der Waals surface area contributed by atoms with Gasteiger partial charge in [0.25, 0.3) is 0 Å². The van der Waals surface area contributed by atoms with Crippen molar-refractivity contribution < 1.29 is 23.9 Å². The SMILES string of the molecule is O=C(CC1(C(=O)O)CCC1)NC1CCN(c2ccc(F)c(Cl)c2)C1=O. The molecule has 2 amide bonds. The molecule has 1 aliphatic carbocycles. The Labute approximate surface area is 148 Å². The second kappa shape index (κ2) is 6.63. The van der Waals surface area contributed by atoms with Crippen molar-refractivity contribution in [1.82, 2.24) is 5.32 Å². The van der Waals surface area contributed by atoms with E-state index in [0.717, 1.165) is 6.42 Å². The first kappa shape index (κ1) is 17.7. The van der Waals surface area contributed by atoms with Gasteiger partial charge in [-0.2, -0.15) is 0 Å². The third-order valence-corrected chi connectivity index (χ3v) is 5.31. The van der Waals surface area contributed by atoms with Crippen molar-refractivity contribution in [3.63, 3.8) is 0 Å². The van der Waals surface area contributed by atoms with E-state index in [1.807, 2.05) is 0 Å². The maximum atomic E-state index is 13.3. The number of nitrogens with one attached hydrogen (secondary N) is 1. The zero-order valence-corrected chi connectivity index (χ0v) is 14.2. The molecule has 1 saturated heterocycles. The standard InChI is InChI=1S/C17H18ClFN2O4/c18-11-8-10(2-3-12(11)19)21-7-4-13(15(21)23)20-14(22)9-17(16(24)25)5-1-6-17/h2-3,8,13H,1,4-7,9H2,(H,20,22)(H,24,25). The highest BCUT2D eigenvalue weighted by Gasteiger charge is 2.46. The van der Waals surface area contributed by atoms with E-state index in [9.17, 15) is 23.9 Å². The molecule has 1 unspecified atom stereocenters. The fourth-order valence-corrected chi connectivity index (χ4v) is 3.52. The van der Waals surface area contributed by atoms with E-state index in [-0.39, 0.29) is 17.4 Å². The van der Waals surface area contributed by atoms with Crippen molar-refractivity contribution in [2.75, 3.05) is 11.4 Å². The van der Waals surface area contributed by atoms with Crippen LogP contribution in [0.3, 0.4) is 0 Å². The monoisotopic (exact) mass is 368 g/mol. The average Bonchev–Trinajstić information content (AvgIpc) is 2.86. The number of carbonyl (C=O) groups excluding carboxylic acids is 2. The van der Waals surface area contributed by atoms with Crippen LogP contribution in [-0.2, 0) is 14.4 Å². The molecule has 6 nitrogen and oxygen atoms in total. The molecular weight excluding hydrogens is 351 g/mol. The molecule has 0 aromatic heterocycles. The van der Waals surface area contributed by atoms with Crippen LogP contribution in [0, 0.1) is 11.2 Å². The Morgan fingerprint density at radius 2 is 2.12 bits per heavy atom. The molecule has 2 fully saturated rings. The van der Waals surface area contributed by atoms with Crippen LogP contribution in [0.15, 0.2) is 18.2 Å². The van der Waals surface area contributed by atoms with Gasteiger partial charge in [0.2, 0.25) is 11.8 Å². The van der Waals surface area contributed by atoms with Crippen LogP contribution in [0.1, 0.15) is 32.1 Å². The van der Waals surface area contributed by atoms with E-state index in [0.29, 0.717) is 31.5 Å². The summed E-state index contributed by atoms with van der Waals surface area (Å²) in [6.07, 6.45) is 2.04. The molecule has 0 bridgehead atoms. The summed E-state index contributed by atoms with van der Waals surface area (Å²) >= 11 is 5.75. The topological polar surface area (TPSA) is 86.7 Å². The van der Waals surface area contributed by atoms with Gasteiger partial charge < -0.3 is 15.3 Å². The summed E-state index contributed by atoms with van der Waals surface area (Å²) in [5.74, 6) is -2.27. The van der Waals surface area contributed by atoms with Gasteiger partial charge in [0, 0.05) is 18.7 Å². The zero-order chi connectivity index (χ0) is 18.2. The minimum absolute atomic E-state index is 0.0776. The molecule has 134 valence electrons. The highest BCUT2D eigenvalue weighted by molar-refractivity contribution is 6.31. The predicted octanol–water partition coefficient (Wildman–Crippen LogP) is 2.35. The number of halogens is 2. The van der Waals surface area contributed by atoms with Crippen molar-refractivity contribution >= 4 is 35.1 Å². The smallest absolute Gasteiger partial charge is 0.310 e. The van der Waals surface area contributed by atoms with Crippen molar-refractivity contribution in [2.45, 2.75) is 38.1 Å². The third-order valence-electron chi connectivity index (χ3n) is 5.02. The van der Waals surface area contributed by atoms with Crippen LogP contribution < -0.4 is 10.2 Å². The zero-order valence-electron chi connectivity index (χ0n) is 13.4. The molecule has 1 aliphatic heterocycles. The molecular formula is C17H18ClFN2O4. The van der Waals surface area contributed by atoms with E-state index in [1.165, 1.54) is 23.1 Å². The van der Waals surface area contributed by atoms with Crippen LogP contribution in [0.2, 0.25) is 5.02 Å². The Balaban J connectivity index is 1.63. The molecule has 25 heavy (non-hydrogen) atoms. The fourth-order valence-electron chi connectivity index (χ4n) is 3.35. The number of benzene rings is 1. The summed E-state index contributed by atoms with van der Waals surface area (Å²) < 4.78 is 13.3. The van der Waals surface area contributed by atoms with E-state index < -0.39 is 29.2 Å². The average molecular weight is 369 g/mol.